The maximum atomic E-state index is 12.7. The van der Waals surface area contributed by atoms with Crippen LogP contribution in [-0.2, 0) is 12.0 Å². The molecule has 0 spiro atoms. The predicted molar refractivity (Wildman–Crippen MR) is 88.6 cm³/mol. The van der Waals surface area contributed by atoms with Crippen LogP contribution in [-0.4, -0.2) is 13.0 Å². The quantitative estimate of drug-likeness (QED) is 0.833. The Morgan fingerprint density at radius 3 is 2.32 bits per heavy atom. The lowest BCUT2D eigenvalue weighted by molar-refractivity contribution is 0.0996. The Hall–Kier alpha value is -2.29. The maximum Gasteiger partial charge on any atom is 0.258 e. The van der Waals surface area contributed by atoms with Gasteiger partial charge in [0.25, 0.3) is 5.91 Å². The zero-order chi connectivity index (χ0) is 15.9. The average Bonchev–Trinajstić information content (AvgIpc) is 2.84. The van der Waals surface area contributed by atoms with E-state index in [1.54, 1.807) is 7.11 Å². The summed E-state index contributed by atoms with van der Waals surface area (Å²) in [6.07, 6.45) is 0. The minimum absolute atomic E-state index is 0.0293. The SMILES string of the molecule is COc1ccc(N2Cc3c(cccc3C(C)(C)C)C2=O)cc1. The highest BCUT2D eigenvalue weighted by Crippen LogP contribution is 2.35. The van der Waals surface area contributed by atoms with Crippen LogP contribution < -0.4 is 9.64 Å². The molecule has 0 aromatic heterocycles. The van der Waals surface area contributed by atoms with Crippen molar-refractivity contribution >= 4 is 11.6 Å². The number of carbonyl (C=O) groups is 1. The van der Waals surface area contributed by atoms with Gasteiger partial charge in [0.15, 0.2) is 0 Å². The summed E-state index contributed by atoms with van der Waals surface area (Å²) >= 11 is 0. The zero-order valence-corrected chi connectivity index (χ0v) is 13.5. The number of rotatable bonds is 2. The fourth-order valence-electron chi connectivity index (χ4n) is 3.01. The van der Waals surface area contributed by atoms with Gasteiger partial charge in [-0.3, -0.25) is 4.79 Å². The molecule has 0 N–H and O–H groups in total. The molecule has 1 amide bonds. The van der Waals surface area contributed by atoms with Gasteiger partial charge in [0.05, 0.1) is 13.7 Å². The summed E-state index contributed by atoms with van der Waals surface area (Å²) in [5.74, 6) is 0.870. The Bertz CT molecular complexity index is 711. The molecule has 1 aliphatic heterocycles. The van der Waals surface area contributed by atoms with Gasteiger partial charge in [0, 0.05) is 11.3 Å². The zero-order valence-electron chi connectivity index (χ0n) is 13.5. The van der Waals surface area contributed by atoms with Crippen molar-refractivity contribution in [2.24, 2.45) is 0 Å². The van der Waals surface area contributed by atoms with Crippen LogP contribution in [0.4, 0.5) is 5.69 Å². The molecule has 1 aliphatic rings. The van der Waals surface area contributed by atoms with Gasteiger partial charge in [0.2, 0.25) is 0 Å². The van der Waals surface area contributed by atoms with Crippen LogP contribution >= 0.6 is 0 Å². The standard InChI is InChI=1S/C19H21NO2/c1-19(2,3)17-7-5-6-15-16(17)12-20(18(15)21)13-8-10-14(22-4)11-9-13/h5-11H,12H2,1-4H3. The van der Waals surface area contributed by atoms with Gasteiger partial charge in [-0.25, -0.2) is 0 Å². The molecule has 22 heavy (non-hydrogen) atoms. The number of anilines is 1. The second-order valence-electron chi connectivity index (χ2n) is 6.67. The van der Waals surface area contributed by atoms with Crippen molar-refractivity contribution in [2.45, 2.75) is 32.7 Å². The molecule has 1 heterocycles. The lowest BCUT2D eigenvalue weighted by Gasteiger charge is -2.22. The highest BCUT2D eigenvalue weighted by atomic mass is 16.5. The van der Waals surface area contributed by atoms with Gasteiger partial charge in [-0.15, -0.1) is 0 Å². The van der Waals surface area contributed by atoms with E-state index in [0.29, 0.717) is 6.54 Å². The van der Waals surface area contributed by atoms with Crippen LogP contribution in [0.15, 0.2) is 42.5 Å². The summed E-state index contributed by atoms with van der Waals surface area (Å²) < 4.78 is 5.18. The monoisotopic (exact) mass is 295 g/mol. The van der Waals surface area contributed by atoms with Crippen LogP contribution in [0.1, 0.15) is 42.3 Å². The van der Waals surface area contributed by atoms with Gasteiger partial charge < -0.3 is 9.64 Å². The molecule has 3 rings (SSSR count). The number of methoxy groups -OCH3 is 1. The number of nitrogens with zero attached hydrogens (tertiary/aromatic N) is 1. The molecule has 0 radical (unpaired) electrons. The molecule has 114 valence electrons. The van der Waals surface area contributed by atoms with E-state index in [0.717, 1.165) is 22.6 Å². The van der Waals surface area contributed by atoms with E-state index >= 15 is 0 Å². The van der Waals surface area contributed by atoms with Crippen LogP contribution in [0, 0.1) is 0 Å². The second-order valence-corrected chi connectivity index (χ2v) is 6.67. The Morgan fingerprint density at radius 2 is 1.73 bits per heavy atom. The largest absolute Gasteiger partial charge is 0.497 e. The summed E-state index contributed by atoms with van der Waals surface area (Å²) in [5, 5.41) is 0. The summed E-state index contributed by atoms with van der Waals surface area (Å²) in [5.41, 5.74) is 4.15. The first-order valence-corrected chi connectivity index (χ1v) is 7.50. The molecular weight excluding hydrogens is 274 g/mol. The smallest absolute Gasteiger partial charge is 0.258 e. The first kappa shape index (κ1) is 14.6. The average molecular weight is 295 g/mol. The van der Waals surface area contributed by atoms with Crippen LogP contribution in [0.3, 0.4) is 0 Å². The lowest BCUT2D eigenvalue weighted by atomic mass is 9.83. The number of ether oxygens (including phenoxy) is 1. The molecule has 0 saturated carbocycles. The van der Waals surface area contributed by atoms with E-state index in [4.69, 9.17) is 4.74 Å². The van der Waals surface area contributed by atoms with Gasteiger partial charge in [-0.2, -0.15) is 0 Å². The van der Waals surface area contributed by atoms with E-state index in [-0.39, 0.29) is 11.3 Å². The second kappa shape index (κ2) is 5.16. The minimum Gasteiger partial charge on any atom is -0.497 e. The van der Waals surface area contributed by atoms with E-state index in [9.17, 15) is 4.79 Å². The molecule has 2 aromatic carbocycles. The first-order valence-electron chi connectivity index (χ1n) is 7.50. The highest BCUT2D eigenvalue weighted by molar-refractivity contribution is 6.10. The van der Waals surface area contributed by atoms with Gasteiger partial charge in [0.1, 0.15) is 5.75 Å². The lowest BCUT2D eigenvalue weighted by Crippen LogP contribution is -2.23. The maximum absolute atomic E-state index is 12.7. The van der Waals surface area contributed by atoms with Crippen molar-refractivity contribution in [1.29, 1.82) is 0 Å². The van der Waals surface area contributed by atoms with Crippen LogP contribution in [0.5, 0.6) is 5.75 Å². The molecule has 0 bridgehead atoms. The van der Waals surface area contributed by atoms with Crippen LogP contribution in [0.2, 0.25) is 0 Å². The van der Waals surface area contributed by atoms with Crippen molar-refractivity contribution in [3.05, 3.63) is 59.2 Å². The number of benzene rings is 2. The third kappa shape index (κ3) is 2.37. The predicted octanol–water partition coefficient (Wildman–Crippen LogP) is 4.15. The van der Waals surface area contributed by atoms with E-state index in [1.807, 2.05) is 41.3 Å². The number of amides is 1. The first-order chi connectivity index (χ1) is 10.4. The number of carbonyl (C=O) groups excluding carboxylic acids is 1. The summed E-state index contributed by atoms with van der Waals surface area (Å²) in [4.78, 5) is 14.6. The Balaban J connectivity index is 2.00. The number of hydrogen-bond donors (Lipinski definition) is 0. The molecule has 0 atom stereocenters. The third-order valence-electron chi connectivity index (χ3n) is 4.16. The molecule has 0 fully saturated rings. The highest BCUT2D eigenvalue weighted by Gasteiger charge is 2.32. The van der Waals surface area contributed by atoms with Crippen molar-refractivity contribution in [2.75, 3.05) is 12.0 Å². The topological polar surface area (TPSA) is 29.5 Å². The van der Waals surface area contributed by atoms with E-state index < -0.39 is 0 Å². The van der Waals surface area contributed by atoms with Crippen molar-refractivity contribution in [1.82, 2.24) is 0 Å². The Morgan fingerprint density at radius 1 is 1.05 bits per heavy atom. The third-order valence-corrected chi connectivity index (χ3v) is 4.16. The van der Waals surface area contributed by atoms with E-state index in [2.05, 4.69) is 26.8 Å². The van der Waals surface area contributed by atoms with Crippen LogP contribution in [0.25, 0.3) is 0 Å². The fourth-order valence-corrected chi connectivity index (χ4v) is 3.01. The Kier molecular flexibility index (Phi) is 3.44. The van der Waals surface area contributed by atoms with Crippen molar-refractivity contribution < 1.29 is 9.53 Å². The summed E-state index contributed by atoms with van der Waals surface area (Å²) in [6, 6.07) is 13.7. The minimum atomic E-state index is 0.0293. The molecule has 3 heteroatoms. The molecule has 0 saturated heterocycles. The molecule has 2 aromatic rings. The van der Waals surface area contributed by atoms with Gasteiger partial charge in [-0.1, -0.05) is 32.9 Å². The van der Waals surface area contributed by atoms with Crippen molar-refractivity contribution in [3.8, 4) is 5.75 Å². The van der Waals surface area contributed by atoms with Crippen molar-refractivity contribution in [3.63, 3.8) is 0 Å². The summed E-state index contributed by atoms with van der Waals surface area (Å²) in [6.45, 7) is 7.18. The number of hydrogen-bond acceptors (Lipinski definition) is 2. The van der Waals surface area contributed by atoms with Gasteiger partial charge >= 0.3 is 0 Å². The normalized spacial score (nSPS) is 14.2. The molecule has 3 nitrogen and oxygen atoms in total. The van der Waals surface area contributed by atoms with Gasteiger partial charge in [-0.05, 0) is 46.9 Å². The Labute approximate surface area is 131 Å². The fraction of sp³-hybridized carbons (Fsp3) is 0.316. The molecule has 0 unspecified atom stereocenters. The van der Waals surface area contributed by atoms with E-state index in [1.165, 1.54) is 5.56 Å². The number of fused-ring (bicyclic) bond motifs is 1. The molecule has 0 aliphatic carbocycles. The molecular formula is C19H21NO2. The summed E-state index contributed by atoms with van der Waals surface area (Å²) in [7, 11) is 1.64.